The quantitative estimate of drug-likeness (QED) is 0.588. The Morgan fingerprint density at radius 1 is 0.724 bits per heavy atom. The molecule has 0 unspecified atom stereocenters. The van der Waals surface area contributed by atoms with E-state index in [1.54, 1.807) is 23.1 Å². The van der Waals surface area contributed by atoms with E-state index in [4.69, 9.17) is 0 Å². The van der Waals surface area contributed by atoms with Crippen LogP contribution in [0.3, 0.4) is 0 Å². The molecule has 3 aromatic carbocycles. The zero-order valence-corrected chi connectivity index (χ0v) is 16.9. The predicted octanol–water partition coefficient (Wildman–Crippen LogP) is 3.58. The van der Waals surface area contributed by atoms with Gasteiger partial charge in [0.25, 0.3) is 0 Å². The van der Waals surface area contributed by atoms with Crippen LogP contribution in [0.4, 0.5) is 0 Å². The molecule has 3 aromatic rings. The van der Waals surface area contributed by atoms with Crippen LogP contribution in [0, 0.1) is 0 Å². The van der Waals surface area contributed by atoms with E-state index in [0.717, 1.165) is 11.1 Å². The van der Waals surface area contributed by atoms with Crippen LogP contribution in [0.15, 0.2) is 95.9 Å². The van der Waals surface area contributed by atoms with Crippen molar-refractivity contribution in [1.82, 2.24) is 9.62 Å². The van der Waals surface area contributed by atoms with Gasteiger partial charge in [-0.2, -0.15) is 0 Å². The minimum absolute atomic E-state index is 0.0517. The molecule has 0 spiro atoms. The van der Waals surface area contributed by atoms with Crippen LogP contribution in [0.25, 0.3) is 0 Å². The average Bonchev–Trinajstić information content (AvgIpc) is 2.75. The number of nitrogens with zero attached hydrogens (tertiary/aromatic N) is 1. The average molecular weight is 409 g/mol. The highest BCUT2D eigenvalue weighted by Gasteiger charge is 2.17. The lowest BCUT2D eigenvalue weighted by atomic mass is 10.1. The molecule has 0 radical (unpaired) electrons. The Balaban J connectivity index is 1.64. The van der Waals surface area contributed by atoms with E-state index in [-0.39, 0.29) is 23.8 Å². The molecule has 0 atom stereocenters. The number of carbonyl (C=O) groups is 1. The monoisotopic (exact) mass is 408 g/mol. The van der Waals surface area contributed by atoms with Crippen LogP contribution in [0.2, 0.25) is 0 Å². The van der Waals surface area contributed by atoms with Crippen molar-refractivity contribution in [1.29, 1.82) is 0 Å². The summed E-state index contributed by atoms with van der Waals surface area (Å²) in [6, 6.07) is 27.7. The summed E-state index contributed by atoms with van der Waals surface area (Å²) in [4.78, 5) is 14.8. The third-order valence-electron chi connectivity index (χ3n) is 4.47. The highest BCUT2D eigenvalue weighted by Crippen LogP contribution is 2.12. The summed E-state index contributed by atoms with van der Waals surface area (Å²) in [6.07, 6.45) is 0.0890. The molecule has 0 bridgehead atoms. The second-order valence-corrected chi connectivity index (χ2v) is 8.45. The maximum atomic E-state index is 12.9. The van der Waals surface area contributed by atoms with Crippen LogP contribution >= 0.6 is 0 Å². The Morgan fingerprint density at radius 2 is 1.17 bits per heavy atom. The lowest BCUT2D eigenvalue weighted by Gasteiger charge is -2.23. The molecular weight excluding hydrogens is 384 g/mol. The maximum absolute atomic E-state index is 12.9. The fourth-order valence-electron chi connectivity index (χ4n) is 2.97. The van der Waals surface area contributed by atoms with Crippen molar-refractivity contribution in [2.24, 2.45) is 0 Å². The topological polar surface area (TPSA) is 66.5 Å². The summed E-state index contributed by atoms with van der Waals surface area (Å²) in [5, 5.41) is 0. The summed E-state index contributed by atoms with van der Waals surface area (Å²) in [5.74, 6) is -0.103. The van der Waals surface area contributed by atoms with E-state index < -0.39 is 10.0 Å². The summed E-state index contributed by atoms with van der Waals surface area (Å²) in [7, 11) is -3.62. The van der Waals surface area contributed by atoms with Crippen molar-refractivity contribution in [2.45, 2.75) is 24.4 Å². The normalized spacial score (nSPS) is 11.2. The summed E-state index contributed by atoms with van der Waals surface area (Å²) < 4.78 is 27.2. The second kappa shape index (κ2) is 10.0. The van der Waals surface area contributed by atoms with Gasteiger partial charge in [-0.25, -0.2) is 13.1 Å². The van der Waals surface area contributed by atoms with Crippen molar-refractivity contribution in [2.75, 3.05) is 6.54 Å². The molecular formula is C23H24N2O3S. The Kier molecular flexibility index (Phi) is 7.16. The van der Waals surface area contributed by atoms with Crippen molar-refractivity contribution in [3.63, 3.8) is 0 Å². The first-order chi connectivity index (χ1) is 14.0. The molecule has 0 aliphatic rings. The zero-order chi connectivity index (χ0) is 20.5. The Hall–Kier alpha value is -2.96. The second-order valence-electron chi connectivity index (χ2n) is 6.68. The van der Waals surface area contributed by atoms with Gasteiger partial charge in [0.2, 0.25) is 15.9 Å². The smallest absolute Gasteiger partial charge is 0.240 e. The molecule has 1 N–H and O–H groups in total. The molecule has 6 heteroatoms. The van der Waals surface area contributed by atoms with Crippen molar-refractivity contribution in [3.05, 3.63) is 102 Å². The molecule has 29 heavy (non-hydrogen) atoms. The fourth-order valence-corrected chi connectivity index (χ4v) is 4.03. The maximum Gasteiger partial charge on any atom is 0.240 e. The van der Waals surface area contributed by atoms with Gasteiger partial charge in [0, 0.05) is 26.1 Å². The van der Waals surface area contributed by atoms with Crippen LogP contribution in [-0.4, -0.2) is 25.8 Å². The summed E-state index contributed by atoms with van der Waals surface area (Å²) >= 11 is 0. The Bertz CT molecular complexity index is 966. The first kappa shape index (κ1) is 20.8. The first-order valence-electron chi connectivity index (χ1n) is 9.45. The van der Waals surface area contributed by atoms with Gasteiger partial charge in [-0.1, -0.05) is 78.9 Å². The third-order valence-corrected chi connectivity index (χ3v) is 5.95. The van der Waals surface area contributed by atoms with E-state index in [1.807, 2.05) is 60.7 Å². The molecule has 0 aliphatic carbocycles. The van der Waals surface area contributed by atoms with E-state index in [1.165, 1.54) is 12.1 Å². The van der Waals surface area contributed by atoms with Crippen LogP contribution < -0.4 is 4.72 Å². The first-order valence-corrected chi connectivity index (χ1v) is 10.9. The number of sulfonamides is 1. The van der Waals surface area contributed by atoms with Gasteiger partial charge in [-0.3, -0.25) is 4.79 Å². The van der Waals surface area contributed by atoms with E-state index in [2.05, 4.69) is 4.72 Å². The van der Waals surface area contributed by atoms with Gasteiger partial charge in [-0.05, 0) is 23.3 Å². The highest BCUT2D eigenvalue weighted by atomic mass is 32.2. The summed E-state index contributed by atoms with van der Waals surface area (Å²) in [6.45, 7) is 0.996. The zero-order valence-electron chi connectivity index (χ0n) is 16.1. The van der Waals surface area contributed by atoms with Crippen molar-refractivity contribution < 1.29 is 13.2 Å². The molecule has 0 saturated heterocycles. The minimum Gasteiger partial charge on any atom is -0.334 e. The van der Waals surface area contributed by atoms with Gasteiger partial charge in [0.15, 0.2) is 0 Å². The number of benzene rings is 3. The molecule has 0 aromatic heterocycles. The molecule has 0 heterocycles. The molecule has 1 amide bonds. The summed E-state index contributed by atoms with van der Waals surface area (Å²) in [5.41, 5.74) is 2.06. The van der Waals surface area contributed by atoms with Crippen LogP contribution in [0.5, 0.6) is 0 Å². The van der Waals surface area contributed by atoms with E-state index >= 15 is 0 Å². The van der Waals surface area contributed by atoms with Gasteiger partial charge < -0.3 is 4.90 Å². The van der Waals surface area contributed by atoms with Crippen LogP contribution in [0.1, 0.15) is 17.5 Å². The Labute approximate surface area is 172 Å². The number of rotatable bonds is 9. The largest absolute Gasteiger partial charge is 0.334 e. The third kappa shape index (κ3) is 6.27. The minimum atomic E-state index is -3.62. The van der Waals surface area contributed by atoms with Gasteiger partial charge in [0.1, 0.15) is 0 Å². The molecule has 0 aliphatic heterocycles. The number of amides is 1. The molecule has 3 rings (SSSR count). The molecule has 0 saturated carbocycles. The van der Waals surface area contributed by atoms with E-state index in [9.17, 15) is 13.2 Å². The fraction of sp³-hybridized carbons (Fsp3) is 0.174. The van der Waals surface area contributed by atoms with Gasteiger partial charge in [-0.15, -0.1) is 0 Å². The molecule has 5 nitrogen and oxygen atoms in total. The lowest BCUT2D eigenvalue weighted by Crippen LogP contribution is -2.34. The molecule has 150 valence electrons. The number of hydrogen-bond donors (Lipinski definition) is 1. The van der Waals surface area contributed by atoms with Gasteiger partial charge >= 0.3 is 0 Å². The predicted molar refractivity (Wildman–Crippen MR) is 113 cm³/mol. The number of carbonyl (C=O) groups excluding carboxylic acids is 1. The molecule has 0 fully saturated rings. The van der Waals surface area contributed by atoms with E-state index in [0.29, 0.717) is 13.1 Å². The Morgan fingerprint density at radius 3 is 1.66 bits per heavy atom. The number of nitrogens with one attached hydrogen (secondary N) is 1. The standard InChI is InChI=1S/C23H24N2O3S/c26-23(16-17-24-29(27,28)22-14-8-3-9-15-22)25(18-20-10-4-1-5-11-20)19-21-12-6-2-7-13-21/h1-15,24H,16-19H2. The SMILES string of the molecule is O=C(CCNS(=O)(=O)c1ccccc1)N(Cc1ccccc1)Cc1ccccc1. The highest BCUT2D eigenvalue weighted by molar-refractivity contribution is 7.89. The number of hydrogen-bond acceptors (Lipinski definition) is 3. The lowest BCUT2D eigenvalue weighted by molar-refractivity contribution is -0.132. The van der Waals surface area contributed by atoms with Crippen molar-refractivity contribution >= 4 is 15.9 Å². The van der Waals surface area contributed by atoms with Crippen molar-refractivity contribution in [3.8, 4) is 0 Å². The van der Waals surface area contributed by atoms with Gasteiger partial charge in [0.05, 0.1) is 4.90 Å². The van der Waals surface area contributed by atoms with Crippen LogP contribution in [-0.2, 0) is 27.9 Å².